The Hall–Kier alpha value is -1.68. The summed E-state index contributed by atoms with van der Waals surface area (Å²) in [5.74, 6) is 1.27. The summed E-state index contributed by atoms with van der Waals surface area (Å²) in [6, 6.07) is 11.0. The Balaban J connectivity index is 1.71. The molecule has 0 aliphatic heterocycles. The highest BCUT2D eigenvalue weighted by molar-refractivity contribution is 5.14. The van der Waals surface area contributed by atoms with Crippen molar-refractivity contribution in [2.75, 3.05) is 0 Å². The summed E-state index contributed by atoms with van der Waals surface area (Å²) in [5.41, 5.74) is 1.37. The average molecular weight is 245 g/mol. The first-order valence-corrected chi connectivity index (χ1v) is 6.30. The quantitative estimate of drug-likeness (QED) is 0.849. The van der Waals surface area contributed by atoms with E-state index in [1.54, 1.807) is 6.92 Å². The van der Waals surface area contributed by atoms with Gasteiger partial charge in [0.05, 0.1) is 6.54 Å². The summed E-state index contributed by atoms with van der Waals surface area (Å²) in [5, 5.41) is 11.1. The van der Waals surface area contributed by atoms with Crippen molar-refractivity contribution < 1.29 is 4.42 Å². The summed E-state index contributed by atoms with van der Waals surface area (Å²) in [6.45, 7) is 4.61. The zero-order chi connectivity index (χ0) is 12.8. The number of rotatable bonds is 6. The van der Waals surface area contributed by atoms with Crippen LogP contribution in [0.5, 0.6) is 0 Å². The van der Waals surface area contributed by atoms with Crippen LogP contribution in [0.1, 0.15) is 30.7 Å². The molecule has 1 heterocycles. The molecule has 0 bridgehead atoms. The van der Waals surface area contributed by atoms with Crippen molar-refractivity contribution in [1.82, 2.24) is 15.5 Å². The third-order valence-electron chi connectivity index (χ3n) is 2.88. The molecule has 1 unspecified atom stereocenters. The molecule has 0 aliphatic rings. The summed E-state index contributed by atoms with van der Waals surface area (Å²) < 4.78 is 5.31. The van der Waals surface area contributed by atoms with Gasteiger partial charge < -0.3 is 9.73 Å². The van der Waals surface area contributed by atoms with E-state index in [4.69, 9.17) is 4.42 Å². The maximum Gasteiger partial charge on any atom is 0.230 e. The number of hydrogen-bond acceptors (Lipinski definition) is 4. The molecular formula is C14H19N3O. The van der Waals surface area contributed by atoms with Crippen LogP contribution in [0.15, 0.2) is 34.7 Å². The van der Waals surface area contributed by atoms with E-state index < -0.39 is 0 Å². The molecule has 0 spiro atoms. The van der Waals surface area contributed by atoms with Crippen LogP contribution in [-0.4, -0.2) is 16.2 Å². The van der Waals surface area contributed by atoms with Gasteiger partial charge >= 0.3 is 0 Å². The zero-order valence-electron chi connectivity index (χ0n) is 10.9. The molecule has 4 heteroatoms. The van der Waals surface area contributed by atoms with Crippen LogP contribution >= 0.6 is 0 Å². The molecule has 1 aromatic heterocycles. The van der Waals surface area contributed by atoms with Crippen LogP contribution in [0.4, 0.5) is 0 Å². The van der Waals surface area contributed by atoms with Crippen LogP contribution in [0.2, 0.25) is 0 Å². The second-order valence-electron chi connectivity index (χ2n) is 4.52. The van der Waals surface area contributed by atoms with Crippen LogP contribution in [0.25, 0.3) is 0 Å². The lowest BCUT2D eigenvalue weighted by atomic mass is 10.1. The Morgan fingerprint density at radius 3 is 2.67 bits per heavy atom. The van der Waals surface area contributed by atoms with E-state index in [-0.39, 0.29) is 0 Å². The van der Waals surface area contributed by atoms with Crippen molar-refractivity contribution in [3.8, 4) is 0 Å². The second kappa shape index (κ2) is 6.31. The molecule has 0 aliphatic carbocycles. The van der Waals surface area contributed by atoms with Crippen LogP contribution in [0.3, 0.4) is 0 Å². The SMILES string of the molecule is Cc1nnc(CNC(C)CCc2ccccc2)o1. The Morgan fingerprint density at radius 1 is 1.22 bits per heavy atom. The Morgan fingerprint density at radius 2 is 2.00 bits per heavy atom. The summed E-state index contributed by atoms with van der Waals surface area (Å²) in [4.78, 5) is 0. The van der Waals surface area contributed by atoms with Crippen LogP contribution < -0.4 is 5.32 Å². The van der Waals surface area contributed by atoms with Crippen LogP contribution in [-0.2, 0) is 13.0 Å². The van der Waals surface area contributed by atoms with Gasteiger partial charge in [-0.05, 0) is 25.3 Å². The lowest BCUT2D eigenvalue weighted by molar-refractivity contribution is 0.419. The summed E-state index contributed by atoms with van der Waals surface area (Å²) in [7, 11) is 0. The average Bonchev–Trinajstić information content (AvgIpc) is 2.81. The monoisotopic (exact) mass is 245 g/mol. The lowest BCUT2D eigenvalue weighted by Crippen LogP contribution is -2.26. The van der Waals surface area contributed by atoms with E-state index in [0.29, 0.717) is 24.4 Å². The highest BCUT2D eigenvalue weighted by atomic mass is 16.4. The molecule has 96 valence electrons. The van der Waals surface area contributed by atoms with Gasteiger partial charge in [0.2, 0.25) is 11.8 Å². The predicted octanol–water partition coefficient (Wildman–Crippen LogP) is 2.49. The third-order valence-corrected chi connectivity index (χ3v) is 2.88. The van der Waals surface area contributed by atoms with E-state index in [0.717, 1.165) is 12.8 Å². The fourth-order valence-corrected chi connectivity index (χ4v) is 1.80. The van der Waals surface area contributed by atoms with Gasteiger partial charge in [0, 0.05) is 13.0 Å². The van der Waals surface area contributed by atoms with Crippen LogP contribution in [0, 0.1) is 6.92 Å². The van der Waals surface area contributed by atoms with Gasteiger partial charge in [-0.3, -0.25) is 0 Å². The van der Waals surface area contributed by atoms with Gasteiger partial charge in [-0.2, -0.15) is 0 Å². The minimum Gasteiger partial charge on any atom is -0.424 e. The number of aromatic nitrogens is 2. The number of nitrogens with zero attached hydrogens (tertiary/aromatic N) is 2. The molecule has 0 fully saturated rings. The third kappa shape index (κ3) is 3.96. The van der Waals surface area contributed by atoms with Gasteiger partial charge in [-0.25, -0.2) is 0 Å². The van der Waals surface area contributed by atoms with E-state index in [2.05, 4.69) is 46.7 Å². The fraction of sp³-hybridized carbons (Fsp3) is 0.429. The maximum atomic E-state index is 5.31. The van der Waals surface area contributed by atoms with E-state index in [9.17, 15) is 0 Å². The number of benzene rings is 1. The second-order valence-corrected chi connectivity index (χ2v) is 4.52. The van der Waals surface area contributed by atoms with Gasteiger partial charge in [0.25, 0.3) is 0 Å². The Kier molecular flexibility index (Phi) is 4.47. The van der Waals surface area contributed by atoms with Gasteiger partial charge in [0.1, 0.15) is 0 Å². The first-order valence-electron chi connectivity index (χ1n) is 6.30. The van der Waals surface area contributed by atoms with Gasteiger partial charge in [-0.1, -0.05) is 30.3 Å². The molecule has 0 saturated carbocycles. The number of nitrogens with one attached hydrogen (secondary N) is 1. The topological polar surface area (TPSA) is 51.0 Å². The predicted molar refractivity (Wildman–Crippen MR) is 70.1 cm³/mol. The van der Waals surface area contributed by atoms with Crippen molar-refractivity contribution >= 4 is 0 Å². The van der Waals surface area contributed by atoms with Crippen molar-refractivity contribution in [1.29, 1.82) is 0 Å². The van der Waals surface area contributed by atoms with Crippen molar-refractivity contribution in [2.24, 2.45) is 0 Å². The molecule has 1 atom stereocenters. The molecule has 1 aromatic carbocycles. The molecule has 4 nitrogen and oxygen atoms in total. The summed E-state index contributed by atoms with van der Waals surface area (Å²) >= 11 is 0. The molecule has 2 rings (SSSR count). The van der Waals surface area contributed by atoms with E-state index in [1.807, 2.05) is 6.07 Å². The highest BCUT2D eigenvalue weighted by Crippen LogP contribution is 2.05. The summed E-state index contributed by atoms with van der Waals surface area (Å²) in [6.07, 6.45) is 2.18. The molecule has 0 radical (unpaired) electrons. The maximum absolute atomic E-state index is 5.31. The number of aryl methyl sites for hydroxylation is 2. The van der Waals surface area contributed by atoms with Crippen molar-refractivity contribution in [3.05, 3.63) is 47.7 Å². The molecule has 18 heavy (non-hydrogen) atoms. The molecule has 2 aromatic rings. The Bertz CT molecular complexity index is 467. The molecule has 0 saturated heterocycles. The standard InChI is InChI=1S/C14H19N3O/c1-11(8-9-13-6-4-3-5-7-13)15-10-14-17-16-12(2)18-14/h3-7,11,15H,8-10H2,1-2H3. The smallest absolute Gasteiger partial charge is 0.230 e. The van der Waals surface area contributed by atoms with Gasteiger partial charge in [-0.15, -0.1) is 10.2 Å². The minimum atomic E-state index is 0.428. The molecular weight excluding hydrogens is 226 g/mol. The first kappa shape index (κ1) is 12.8. The Labute approximate surface area is 107 Å². The minimum absolute atomic E-state index is 0.428. The molecule has 0 amide bonds. The number of hydrogen-bond donors (Lipinski definition) is 1. The highest BCUT2D eigenvalue weighted by Gasteiger charge is 2.05. The van der Waals surface area contributed by atoms with Gasteiger partial charge in [0.15, 0.2) is 0 Å². The fourth-order valence-electron chi connectivity index (χ4n) is 1.80. The largest absolute Gasteiger partial charge is 0.424 e. The first-order chi connectivity index (χ1) is 8.74. The lowest BCUT2D eigenvalue weighted by Gasteiger charge is -2.12. The molecule has 1 N–H and O–H groups in total. The zero-order valence-corrected chi connectivity index (χ0v) is 10.9. The van der Waals surface area contributed by atoms with E-state index in [1.165, 1.54) is 5.56 Å². The normalized spacial score (nSPS) is 12.6. The van der Waals surface area contributed by atoms with Crippen molar-refractivity contribution in [2.45, 2.75) is 39.3 Å². The van der Waals surface area contributed by atoms with E-state index >= 15 is 0 Å². The van der Waals surface area contributed by atoms with Crippen molar-refractivity contribution in [3.63, 3.8) is 0 Å².